The molecule has 1 saturated heterocycles. The Morgan fingerprint density at radius 1 is 1.50 bits per heavy atom. The van der Waals surface area contributed by atoms with Crippen molar-refractivity contribution in [2.45, 2.75) is 18.9 Å². The van der Waals surface area contributed by atoms with E-state index in [-0.39, 0.29) is 0 Å². The monoisotopic (exact) mass is 279 g/mol. The van der Waals surface area contributed by atoms with Crippen molar-refractivity contribution in [1.82, 2.24) is 5.32 Å². The highest BCUT2D eigenvalue weighted by molar-refractivity contribution is 9.10. The molecular formula is C12H14BrN3. The van der Waals surface area contributed by atoms with Crippen molar-refractivity contribution in [1.29, 1.82) is 5.26 Å². The van der Waals surface area contributed by atoms with Gasteiger partial charge in [-0.3, -0.25) is 0 Å². The minimum Gasteiger partial charge on any atom is -0.381 e. The molecule has 2 N–H and O–H groups in total. The summed E-state index contributed by atoms with van der Waals surface area (Å²) in [4.78, 5) is 0. The minimum absolute atomic E-state index is 0.494. The van der Waals surface area contributed by atoms with Crippen LogP contribution >= 0.6 is 15.9 Å². The van der Waals surface area contributed by atoms with E-state index in [0.717, 1.165) is 23.2 Å². The van der Waals surface area contributed by atoms with Gasteiger partial charge < -0.3 is 10.6 Å². The van der Waals surface area contributed by atoms with Crippen molar-refractivity contribution in [3.05, 3.63) is 28.2 Å². The first-order valence-electron chi connectivity index (χ1n) is 5.46. The maximum absolute atomic E-state index is 8.82. The standard InChI is InChI=1S/C12H14BrN3/c13-12-6-10(4-3-9(12)7-14)16-11-2-1-5-15-8-11/h3-4,6,11,15-16H,1-2,5,8H2. The number of nitrogens with one attached hydrogen (secondary N) is 2. The molecular weight excluding hydrogens is 266 g/mol. The molecule has 1 aromatic carbocycles. The van der Waals surface area contributed by atoms with E-state index in [4.69, 9.17) is 5.26 Å². The van der Waals surface area contributed by atoms with E-state index < -0.39 is 0 Å². The molecule has 1 fully saturated rings. The van der Waals surface area contributed by atoms with Crippen LogP contribution in [0.1, 0.15) is 18.4 Å². The van der Waals surface area contributed by atoms with Gasteiger partial charge in [-0.15, -0.1) is 0 Å². The lowest BCUT2D eigenvalue weighted by molar-refractivity contribution is 0.480. The summed E-state index contributed by atoms with van der Waals surface area (Å²) >= 11 is 3.39. The number of nitrogens with zero attached hydrogens (tertiary/aromatic N) is 1. The third-order valence-corrected chi connectivity index (χ3v) is 3.41. The first-order valence-corrected chi connectivity index (χ1v) is 6.26. The number of benzene rings is 1. The van der Waals surface area contributed by atoms with Gasteiger partial charge in [-0.1, -0.05) is 0 Å². The molecule has 1 aliphatic heterocycles. The first kappa shape index (κ1) is 11.4. The van der Waals surface area contributed by atoms with Gasteiger partial charge in [-0.2, -0.15) is 5.26 Å². The van der Waals surface area contributed by atoms with Crippen LogP contribution in [0.3, 0.4) is 0 Å². The summed E-state index contributed by atoms with van der Waals surface area (Å²) in [5.41, 5.74) is 1.74. The third kappa shape index (κ3) is 2.75. The zero-order valence-electron chi connectivity index (χ0n) is 8.96. The van der Waals surface area contributed by atoms with E-state index in [1.807, 2.05) is 18.2 Å². The second-order valence-electron chi connectivity index (χ2n) is 3.99. The Balaban J connectivity index is 2.04. The molecule has 1 heterocycles. The van der Waals surface area contributed by atoms with Gasteiger partial charge in [-0.05, 0) is 53.5 Å². The molecule has 0 aromatic heterocycles. The fourth-order valence-corrected chi connectivity index (χ4v) is 2.37. The Kier molecular flexibility index (Phi) is 3.81. The van der Waals surface area contributed by atoms with Gasteiger partial charge in [0.25, 0.3) is 0 Å². The van der Waals surface area contributed by atoms with Crippen LogP contribution < -0.4 is 10.6 Å². The zero-order chi connectivity index (χ0) is 11.4. The Morgan fingerprint density at radius 3 is 3.00 bits per heavy atom. The van der Waals surface area contributed by atoms with E-state index in [0.29, 0.717) is 11.6 Å². The van der Waals surface area contributed by atoms with Crippen LogP contribution in [0.25, 0.3) is 0 Å². The predicted octanol–water partition coefficient (Wildman–Crippen LogP) is 2.48. The second-order valence-corrected chi connectivity index (χ2v) is 4.85. The van der Waals surface area contributed by atoms with E-state index in [2.05, 4.69) is 32.6 Å². The minimum atomic E-state index is 0.494. The zero-order valence-corrected chi connectivity index (χ0v) is 10.5. The van der Waals surface area contributed by atoms with Crippen LogP contribution in [0.15, 0.2) is 22.7 Å². The van der Waals surface area contributed by atoms with Crippen LogP contribution in [0.2, 0.25) is 0 Å². The largest absolute Gasteiger partial charge is 0.381 e. The van der Waals surface area contributed by atoms with Crippen molar-refractivity contribution >= 4 is 21.6 Å². The molecule has 2 rings (SSSR count). The normalized spacial score (nSPS) is 20.1. The summed E-state index contributed by atoms with van der Waals surface area (Å²) in [5, 5.41) is 15.7. The number of nitriles is 1. The molecule has 1 aliphatic rings. The molecule has 0 saturated carbocycles. The highest BCUT2D eigenvalue weighted by Gasteiger charge is 2.12. The fourth-order valence-electron chi connectivity index (χ4n) is 1.91. The summed E-state index contributed by atoms with van der Waals surface area (Å²) in [5.74, 6) is 0. The first-order chi connectivity index (χ1) is 7.79. The van der Waals surface area contributed by atoms with Gasteiger partial charge in [0.1, 0.15) is 6.07 Å². The van der Waals surface area contributed by atoms with Gasteiger partial charge in [0.15, 0.2) is 0 Å². The Morgan fingerprint density at radius 2 is 2.38 bits per heavy atom. The van der Waals surface area contributed by atoms with Crippen LogP contribution in [0.5, 0.6) is 0 Å². The molecule has 1 unspecified atom stereocenters. The average Bonchev–Trinajstić information content (AvgIpc) is 2.31. The SMILES string of the molecule is N#Cc1ccc(NC2CCCNC2)cc1Br. The highest BCUT2D eigenvalue weighted by Crippen LogP contribution is 2.22. The van der Waals surface area contributed by atoms with Crippen molar-refractivity contribution in [3.63, 3.8) is 0 Å². The molecule has 0 spiro atoms. The number of anilines is 1. The predicted molar refractivity (Wildman–Crippen MR) is 68.4 cm³/mol. The topological polar surface area (TPSA) is 47.9 Å². The lowest BCUT2D eigenvalue weighted by Gasteiger charge is -2.24. The summed E-state index contributed by atoms with van der Waals surface area (Å²) in [7, 11) is 0. The summed E-state index contributed by atoms with van der Waals surface area (Å²) in [6, 6.07) is 8.39. The number of hydrogen-bond donors (Lipinski definition) is 2. The van der Waals surface area contributed by atoms with E-state index in [1.165, 1.54) is 12.8 Å². The molecule has 0 bridgehead atoms. The van der Waals surface area contributed by atoms with Crippen LogP contribution in [-0.4, -0.2) is 19.1 Å². The van der Waals surface area contributed by atoms with Gasteiger partial charge in [-0.25, -0.2) is 0 Å². The molecule has 3 nitrogen and oxygen atoms in total. The average molecular weight is 280 g/mol. The second kappa shape index (κ2) is 5.33. The van der Waals surface area contributed by atoms with Gasteiger partial charge in [0.2, 0.25) is 0 Å². The molecule has 4 heteroatoms. The molecule has 1 atom stereocenters. The number of hydrogen-bond acceptors (Lipinski definition) is 3. The van der Waals surface area contributed by atoms with E-state index in [1.54, 1.807) is 0 Å². The highest BCUT2D eigenvalue weighted by atomic mass is 79.9. The van der Waals surface area contributed by atoms with Gasteiger partial charge in [0, 0.05) is 22.7 Å². The van der Waals surface area contributed by atoms with Crippen LogP contribution in [0.4, 0.5) is 5.69 Å². The molecule has 1 aromatic rings. The fraction of sp³-hybridized carbons (Fsp3) is 0.417. The number of rotatable bonds is 2. The van der Waals surface area contributed by atoms with Crippen molar-refractivity contribution in [3.8, 4) is 6.07 Å². The van der Waals surface area contributed by atoms with E-state index in [9.17, 15) is 0 Å². The van der Waals surface area contributed by atoms with E-state index >= 15 is 0 Å². The van der Waals surface area contributed by atoms with Gasteiger partial charge >= 0.3 is 0 Å². The quantitative estimate of drug-likeness (QED) is 0.875. The van der Waals surface area contributed by atoms with Crippen LogP contribution in [-0.2, 0) is 0 Å². The van der Waals surface area contributed by atoms with Crippen molar-refractivity contribution < 1.29 is 0 Å². The Labute approximate surface area is 104 Å². The maximum atomic E-state index is 8.82. The Hall–Kier alpha value is -1.05. The molecule has 16 heavy (non-hydrogen) atoms. The third-order valence-electron chi connectivity index (χ3n) is 2.76. The molecule has 0 aliphatic carbocycles. The lowest BCUT2D eigenvalue weighted by atomic mass is 10.1. The summed E-state index contributed by atoms with van der Waals surface area (Å²) in [6.07, 6.45) is 2.42. The van der Waals surface area contributed by atoms with Gasteiger partial charge in [0.05, 0.1) is 5.56 Å². The number of piperidine rings is 1. The van der Waals surface area contributed by atoms with Crippen molar-refractivity contribution in [2.24, 2.45) is 0 Å². The van der Waals surface area contributed by atoms with Crippen molar-refractivity contribution in [2.75, 3.05) is 18.4 Å². The smallest absolute Gasteiger partial charge is 0.100 e. The molecule has 0 radical (unpaired) electrons. The summed E-state index contributed by atoms with van der Waals surface area (Å²) < 4.78 is 0.851. The summed E-state index contributed by atoms with van der Waals surface area (Å²) in [6.45, 7) is 2.13. The lowest BCUT2D eigenvalue weighted by Crippen LogP contribution is -2.38. The van der Waals surface area contributed by atoms with Crippen LogP contribution in [0, 0.1) is 11.3 Å². The molecule has 84 valence electrons. The maximum Gasteiger partial charge on any atom is 0.100 e. The number of halogens is 1. The molecule has 0 amide bonds. The Bertz CT molecular complexity index is 405.